The first-order chi connectivity index (χ1) is 9.67. The van der Waals surface area contributed by atoms with Gasteiger partial charge in [0.2, 0.25) is 0 Å². The summed E-state index contributed by atoms with van der Waals surface area (Å²) in [5, 5.41) is 3.79. The van der Waals surface area contributed by atoms with E-state index in [1.165, 1.54) is 66.2 Å². The molecule has 20 heavy (non-hydrogen) atoms. The van der Waals surface area contributed by atoms with Crippen LogP contribution < -0.4 is 5.32 Å². The molecule has 1 rings (SSSR count). The number of aryl methyl sites for hydroxylation is 1. The number of nitrogens with one attached hydrogen (secondary N) is 1. The monoisotopic (exact) mass is 387 g/mol. The largest absolute Gasteiger partial charge is 0.382 e. The fourth-order valence-corrected chi connectivity index (χ4v) is 3.23. The van der Waals surface area contributed by atoms with E-state index < -0.39 is 0 Å². The van der Waals surface area contributed by atoms with Crippen LogP contribution >= 0.6 is 22.6 Å². The van der Waals surface area contributed by atoms with E-state index in [4.69, 9.17) is 0 Å². The topological polar surface area (TPSA) is 12.0 Å². The van der Waals surface area contributed by atoms with Gasteiger partial charge in [0.25, 0.3) is 0 Å². The van der Waals surface area contributed by atoms with Crippen molar-refractivity contribution in [3.05, 3.63) is 27.3 Å². The number of rotatable bonds is 10. The molecule has 0 spiro atoms. The molecule has 114 valence electrons. The Bertz CT molecular complexity index is 366. The second kappa shape index (κ2) is 10.5. The Kier molecular flexibility index (Phi) is 9.32. The van der Waals surface area contributed by atoms with E-state index in [1.54, 1.807) is 0 Å². The lowest BCUT2D eigenvalue weighted by atomic mass is 10.0. The molecule has 0 aliphatic rings. The molecule has 0 amide bonds. The molecule has 1 nitrogen and oxygen atoms in total. The second-order valence-corrected chi connectivity index (χ2v) is 7.04. The molecule has 0 radical (unpaired) electrons. The van der Waals surface area contributed by atoms with E-state index in [0.29, 0.717) is 6.04 Å². The Morgan fingerprint density at radius 2 is 1.60 bits per heavy atom. The van der Waals surface area contributed by atoms with Gasteiger partial charge >= 0.3 is 0 Å². The highest BCUT2D eigenvalue weighted by Gasteiger charge is 2.09. The smallest absolute Gasteiger partial charge is 0.0372 e. The van der Waals surface area contributed by atoms with Gasteiger partial charge in [0.15, 0.2) is 0 Å². The predicted octanol–water partition coefficient (Wildman–Crippen LogP) is 6.54. The number of hydrogen-bond acceptors (Lipinski definition) is 1. The number of benzene rings is 1. The average molecular weight is 387 g/mol. The summed E-state index contributed by atoms with van der Waals surface area (Å²) >= 11 is 2.38. The van der Waals surface area contributed by atoms with Gasteiger partial charge in [0.1, 0.15) is 0 Å². The zero-order valence-corrected chi connectivity index (χ0v) is 15.5. The Morgan fingerprint density at radius 1 is 1.00 bits per heavy atom. The van der Waals surface area contributed by atoms with Gasteiger partial charge in [-0.05, 0) is 66.1 Å². The molecule has 0 saturated carbocycles. The van der Waals surface area contributed by atoms with Crippen LogP contribution in [0.15, 0.2) is 18.2 Å². The zero-order chi connectivity index (χ0) is 14.8. The fourth-order valence-electron chi connectivity index (χ4n) is 2.58. The zero-order valence-electron chi connectivity index (χ0n) is 13.3. The van der Waals surface area contributed by atoms with Gasteiger partial charge in [-0.15, -0.1) is 0 Å². The SMILES string of the molecule is CCCCCC(CCCCC)Nc1ccc(I)cc1C. The van der Waals surface area contributed by atoms with Crippen molar-refractivity contribution in [2.24, 2.45) is 0 Å². The maximum absolute atomic E-state index is 3.79. The van der Waals surface area contributed by atoms with Crippen molar-refractivity contribution in [2.45, 2.75) is 78.2 Å². The minimum Gasteiger partial charge on any atom is -0.382 e. The molecular weight excluding hydrogens is 357 g/mol. The average Bonchev–Trinajstić information content (AvgIpc) is 2.42. The number of halogens is 1. The first-order valence-corrected chi connectivity index (χ1v) is 9.28. The van der Waals surface area contributed by atoms with E-state index >= 15 is 0 Å². The second-order valence-electron chi connectivity index (χ2n) is 5.79. The third kappa shape index (κ3) is 6.96. The van der Waals surface area contributed by atoms with Crippen molar-refractivity contribution in [3.63, 3.8) is 0 Å². The van der Waals surface area contributed by atoms with Crippen LogP contribution in [0.25, 0.3) is 0 Å². The van der Waals surface area contributed by atoms with Gasteiger partial charge in [-0.2, -0.15) is 0 Å². The third-order valence-corrected chi connectivity index (χ3v) is 4.53. The van der Waals surface area contributed by atoms with Crippen LogP contribution in [0.4, 0.5) is 5.69 Å². The van der Waals surface area contributed by atoms with Crippen molar-refractivity contribution >= 4 is 28.3 Å². The molecule has 0 fully saturated rings. The molecule has 0 aliphatic heterocycles. The van der Waals surface area contributed by atoms with Crippen LogP contribution in [0.3, 0.4) is 0 Å². The van der Waals surface area contributed by atoms with Gasteiger partial charge in [-0.3, -0.25) is 0 Å². The van der Waals surface area contributed by atoms with Crippen LogP contribution in [-0.2, 0) is 0 Å². The molecule has 2 heteroatoms. The van der Waals surface area contributed by atoms with Crippen LogP contribution in [-0.4, -0.2) is 6.04 Å². The van der Waals surface area contributed by atoms with E-state index in [9.17, 15) is 0 Å². The number of anilines is 1. The molecule has 1 aromatic rings. The molecule has 0 unspecified atom stereocenters. The van der Waals surface area contributed by atoms with Crippen LogP contribution in [0.1, 0.15) is 70.8 Å². The lowest BCUT2D eigenvalue weighted by Gasteiger charge is -2.21. The molecule has 0 saturated heterocycles. The summed E-state index contributed by atoms with van der Waals surface area (Å²) in [4.78, 5) is 0. The van der Waals surface area contributed by atoms with E-state index in [1.807, 2.05) is 0 Å². The summed E-state index contributed by atoms with van der Waals surface area (Å²) in [6, 6.07) is 7.35. The van der Waals surface area contributed by atoms with Gasteiger partial charge < -0.3 is 5.32 Å². The van der Waals surface area contributed by atoms with Gasteiger partial charge in [-0.1, -0.05) is 52.4 Å². The summed E-state index contributed by atoms with van der Waals surface area (Å²) in [7, 11) is 0. The van der Waals surface area contributed by atoms with E-state index in [0.717, 1.165) is 0 Å². The molecule has 0 aliphatic carbocycles. The Labute approximate surface area is 139 Å². The van der Waals surface area contributed by atoms with Crippen molar-refractivity contribution in [1.82, 2.24) is 0 Å². The highest BCUT2D eigenvalue weighted by Crippen LogP contribution is 2.22. The Hall–Kier alpha value is -0.250. The van der Waals surface area contributed by atoms with E-state index in [-0.39, 0.29) is 0 Å². The van der Waals surface area contributed by atoms with Crippen molar-refractivity contribution in [3.8, 4) is 0 Å². The molecule has 0 atom stereocenters. The third-order valence-electron chi connectivity index (χ3n) is 3.86. The highest BCUT2D eigenvalue weighted by molar-refractivity contribution is 14.1. The van der Waals surface area contributed by atoms with Crippen molar-refractivity contribution in [1.29, 1.82) is 0 Å². The van der Waals surface area contributed by atoms with Gasteiger partial charge in [-0.25, -0.2) is 0 Å². The lowest BCUT2D eigenvalue weighted by molar-refractivity contribution is 0.526. The first-order valence-electron chi connectivity index (χ1n) is 8.20. The maximum atomic E-state index is 3.79. The first kappa shape index (κ1) is 17.8. The minimum absolute atomic E-state index is 0.645. The lowest BCUT2D eigenvalue weighted by Crippen LogP contribution is -2.20. The summed E-state index contributed by atoms with van der Waals surface area (Å²) in [6.45, 7) is 6.77. The minimum atomic E-state index is 0.645. The molecule has 0 heterocycles. The summed E-state index contributed by atoms with van der Waals surface area (Å²) in [5.74, 6) is 0. The van der Waals surface area contributed by atoms with Crippen LogP contribution in [0.2, 0.25) is 0 Å². The number of unbranched alkanes of at least 4 members (excludes halogenated alkanes) is 4. The Balaban J connectivity index is 2.56. The predicted molar refractivity (Wildman–Crippen MR) is 99.6 cm³/mol. The molecule has 1 N–H and O–H groups in total. The maximum Gasteiger partial charge on any atom is 0.0372 e. The molecule has 0 bridgehead atoms. The quantitative estimate of drug-likeness (QED) is 0.355. The number of hydrogen-bond donors (Lipinski definition) is 1. The summed E-state index contributed by atoms with van der Waals surface area (Å²) in [5.41, 5.74) is 2.69. The summed E-state index contributed by atoms with van der Waals surface area (Å²) < 4.78 is 1.32. The van der Waals surface area contributed by atoms with Gasteiger partial charge in [0.05, 0.1) is 0 Å². The van der Waals surface area contributed by atoms with E-state index in [2.05, 4.69) is 66.9 Å². The normalized spacial score (nSPS) is 11.1. The van der Waals surface area contributed by atoms with Crippen LogP contribution in [0.5, 0.6) is 0 Å². The Morgan fingerprint density at radius 3 is 2.10 bits per heavy atom. The van der Waals surface area contributed by atoms with Crippen molar-refractivity contribution in [2.75, 3.05) is 5.32 Å². The molecule has 0 aromatic heterocycles. The summed E-state index contributed by atoms with van der Waals surface area (Å²) in [6.07, 6.45) is 10.7. The molecular formula is C18H30IN. The molecule has 1 aromatic carbocycles. The van der Waals surface area contributed by atoms with Gasteiger partial charge in [0, 0.05) is 15.3 Å². The van der Waals surface area contributed by atoms with Crippen LogP contribution in [0, 0.1) is 10.5 Å². The standard InChI is InChI=1S/C18H30IN/c1-4-6-8-10-17(11-9-7-5-2)20-18-13-12-16(19)14-15(18)3/h12-14,17,20H,4-11H2,1-3H3. The fraction of sp³-hybridized carbons (Fsp3) is 0.667. The van der Waals surface area contributed by atoms with Crippen molar-refractivity contribution < 1.29 is 0 Å². The highest BCUT2D eigenvalue weighted by atomic mass is 127.